The van der Waals surface area contributed by atoms with Crippen molar-refractivity contribution in [3.63, 3.8) is 0 Å². The minimum absolute atomic E-state index is 0.0794. The predicted molar refractivity (Wildman–Crippen MR) is 147 cm³/mol. The fraction of sp³-hybridized carbons (Fsp3) is 0.333. The van der Waals surface area contributed by atoms with Crippen LogP contribution in [0, 0.1) is 12.8 Å². The number of amides is 2. The molecule has 6 nitrogen and oxygen atoms in total. The van der Waals surface area contributed by atoms with Gasteiger partial charge in [0.25, 0.3) is 5.91 Å². The number of piperazine rings is 1. The van der Waals surface area contributed by atoms with Gasteiger partial charge in [-0.1, -0.05) is 41.9 Å². The molecule has 2 aliphatic rings. The van der Waals surface area contributed by atoms with Crippen molar-refractivity contribution in [3.8, 4) is 5.75 Å². The molecule has 2 aliphatic heterocycles. The van der Waals surface area contributed by atoms with Crippen LogP contribution < -0.4 is 9.64 Å². The minimum Gasteiger partial charge on any atom is -0.497 e. The van der Waals surface area contributed by atoms with Gasteiger partial charge in [-0.2, -0.15) is 0 Å². The first-order valence-corrected chi connectivity index (χ1v) is 13.1. The lowest BCUT2D eigenvalue weighted by molar-refractivity contribution is -0.135. The molecule has 0 aliphatic carbocycles. The van der Waals surface area contributed by atoms with Crippen LogP contribution in [0.5, 0.6) is 5.75 Å². The first-order chi connectivity index (χ1) is 17.9. The number of para-hydroxylation sites is 1. The summed E-state index contributed by atoms with van der Waals surface area (Å²) in [5.41, 5.74) is 4.06. The van der Waals surface area contributed by atoms with Crippen LogP contribution >= 0.6 is 11.6 Å². The second-order valence-electron chi connectivity index (χ2n) is 9.81. The Hall–Kier alpha value is -3.51. The van der Waals surface area contributed by atoms with E-state index in [2.05, 4.69) is 36.1 Å². The second kappa shape index (κ2) is 10.9. The Morgan fingerprint density at radius 1 is 0.865 bits per heavy atom. The van der Waals surface area contributed by atoms with E-state index in [9.17, 15) is 9.59 Å². The largest absolute Gasteiger partial charge is 0.497 e. The zero-order valence-electron chi connectivity index (χ0n) is 21.3. The van der Waals surface area contributed by atoms with Crippen molar-refractivity contribution < 1.29 is 14.3 Å². The number of carbonyl (C=O) groups excluding carboxylic acids is 2. The van der Waals surface area contributed by atoms with Gasteiger partial charge < -0.3 is 19.4 Å². The van der Waals surface area contributed by atoms with Crippen molar-refractivity contribution >= 4 is 29.1 Å². The predicted octanol–water partition coefficient (Wildman–Crippen LogP) is 4.86. The van der Waals surface area contributed by atoms with Crippen LogP contribution in [0.4, 0.5) is 5.69 Å². The summed E-state index contributed by atoms with van der Waals surface area (Å²) in [4.78, 5) is 33.4. The lowest BCUT2D eigenvalue weighted by atomic mass is 9.87. The van der Waals surface area contributed by atoms with E-state index in [-0.39, 0.29) is 23.7 Å². The van der Waals surface area contributed by atoms with Gasteiger partial charge >= 0.3 is 0 Å². The van der Waals surface area contributed by atoms with Crippen LogP contribution in [0.25, 0.3) is 0 Å². The molecule has 2 amide bonds. The molecule has 2 saturated heterocycles. The number of benzene rings is 3. The molecule has 0 saturated carbocycles. The van der Waals surface area contributed by atoms with Gasteiger partial charge in [0.1, 0.15) is 5.75 Å². The summed E-state index contributed by atoms with van der Waals surface area (Å²) in [7, 11) is 1.64. The average Bonchev–Trinajstić information content (AvgIpc) is 3.39. The Balaban J connectivity index is 1.35. The molecule has 0 spiro atoms. The number of methoxy groups -OCH3 is 1. The third-order valence-electron chi connectivity index (χ3n) is 7.58. The van der Waals surface area contributed by atoms with E-state index in [0.717, 1.165) is 24.4 Å². The number of halogens is 1. The third kappa shape index (κ3) is 5.30. The van der Waals surface area contributed by atoms with Gasteiger partial charge in [-0.25, -0.2) is 0 Å². The highest BCUT2D eigenvalue weighted by Crippen LogP contribution is 2.36. The minimum atomic E-state index is -0.312. The summed E-state index contributed by atoms with van der Waals surface area (Å²) in [6, 6.07) is 23.2. The molecule has 2 heterocycles. The Morgan fingerprint density at radius 2 is 1.59 bits per heavy atom. The number of rotatable bonds is 5. The molecule has 3 aromatic carbocycles. The molecule has 2 fully saturated rings. The van der Waals surface area contributed by atoms with Crippen molar-refractivity contribution in [1.29, 1.82) is 0 Å². The number of likely N-dealkylation sites (tertiary alicyclic amines) is 1. The van der Waals surface area contributed by atoms with Gasteiger partial charge in [0.15, 0.2) is 0 Å². The zero-order chi connectivity index (χ0) is 25.9. The fourth-order valence-corrected chi connectivity index (χ4v) is 5.65. The van der Waals surface area contributed by atoms with Crippen LogP contribution in [0.15, 0.2) is 72.8 Å². The molecule has 0 bridgehead atoms. The van der Waals surface area contributed by atoms with Crippen molar-refractivity contribution in [2.24, 2.45) is 5.92 Å². The Labute approximate surface area is 223 Å². The maximum Gasteiger partial charge on any atom is 0.253 e. The van der Waals surface area contributed by atoms with Gasteiger partial charge in [-0.3, -0.25) is 9.59 Å². The molecule has 0 aromatic heterocycles. The van der Waals surface area contributed by atoms with Crippen LogP contribution in [0.2, 0.25) is 5.02 Å². The zero-order valence-corrected chi connectivity index (χ0v) is 22.0. The van der Waals surface area contributed by atoms with Gasteiger partial charge in [-0.05, 0) is 60.5 Å². The molecule has 2 unspecified atom stereocenters. The van der Waals surface area contributed by atoms with E-state index in [1.807, 2.05) is 29.2 Å². The summed E-state index contributed by atoms with van der Waals surface area (Å²) in [5.74, 6) is 0.368. The second-order valence-corrected chi connectivity index (χ2v) is 10.2. The van der Waals surface area contributed by atoms with Gasteiger partial charge in [-0.15, -0.1) is 0 Å². The maximum atomic E-state index is 13.9. The summed E-state index contributed by atoms with van der Waals surface area (Å²) < 4.78 is 5.45. The summed E-state index contributed by atoms with van der Waals surface area (Å²) in [6.45, 7) is 5.91. The smallest absolute Gasteiger partial charge is 0.253 e. The highest BCUT2D eigenvalue weighted by atomic mass is 35.5. The molecule has 192 valence electrons. The summed E-state index contributed by atoms with van der Waals surface area (Å²) in [5, 5.41) is 0.588. The Kier molecular flexibility index (Phi) is 7.38. The van der Waals surface area contributed by atoms with Crippen molar-refractivity contribution in [1.82, 2.24) is 9.80 Å². The van der Waals surface area contributed by atoms with Crippen molar-refractivity contribution in [2.75, 3.05) is 51.3 Å². The molecule has 5 rings (SSSR count). The first kappa shape index (κ1) is 25.2. The van der Waals surface area contributed by atoms with Gasteiger partial charge in [0.05, 0.1) is 13.0 Å². The van der Waals surface area contributed by atoms with Crippen LogP contribution in [-0.4, -0.2) is 68.0 Å². The lowest BCUT2D eigenvalue weighted by Crippen LogP contribution is -2.51. The first-order valence-electron chi connectivity index (χ1n) is 12.7. The third-order valence-corrected chi connectivity index (χ3v) is 7.84. The number of carbonyl (C=O) groups is 2. The summed E-state index contributed by atoms with van der Waals surface area (Å²) in [6.07, 6.45) is 0. The van der Waals surface area contributed by atoms with E-state index >= 15 is 0 Å². The van der Waals surface area contributed by atoms with Gasteiger partial charge in [0, 0.05) is 61.5 Å². The van der Waals surface area contributed by atoms with Crippen molar-refractivity contribution in [3.05, 3.63) is 94.5 Å². The molecule has 0 radical (unpaired) electrons. The van der Waals surface area contributed by atoms with Crippen molar-refractivity contribution in [2.45, 2.75) is 12.8 Å². The van der Waals surface area contributed by atoms with Crippen LogP contribution in [0.3, 0.4) is 0 Å². The van der Waals surface area contributed by atoms with E-state index in [0.29, 0.717) is 36.8 Å². The van der Waals surface area contributed by atoms with E-state index in [4.69, 9.17) is 16.3 Å². The number of nitrogens with zero attached hydrogens (tertiary/aromatic N) is 3. The maximum absolute atomic E-state index is 13.9. The molecule has 7 heteroatoms. The molecule has 0 N–H and O–H groups in total. The van der Waals surface area contributed by atoms with Crippen LogP contribution in [0.1, 0.15) is 27.4 Å². The highest BCUT2D eigenvalue weighted by molar-refractivity contribution is 6.30. The van der Waals surface area contributed by atoms with E-state index in [1.54, 1.807) is 36.3 Å². The Morgan fingerprint density at radius 3 is 2.30 bits per heavy atom. The number of anilines is 1. The number of ether oxygens (including phenoxy) is 1. The monoisotopic (exact) mass is 517 g/mol. The quantitative estimate of drug-likeness (QED) is 0.485. The molecule has 3 aromatic rings. The Bertz CT molecular complexity index is 1270. The number of hydrogen-bond donors (Lipinski definition) is 0. The van der Waals surface area contributed by atoms with E-state index < -0.39 is 0 Å². The fourth-order valence-electron chi connectivity index (χ4n) is 5.53. The lowest BCUT2D eigenvalue weighted by Gasteiger charge is -2.38. The SMILES string of the molecule is COc1cccc(C2CN(C(=O)c3ccc(Cl)cc3)CC2C(=O)N2CCN(c3ccccc3C)CC2)c1. The molecule has 2 atom stereocenters. The molecule has 37 heavy (non-hydrogen) atoms. The highest BCUT2D eigenvalue weighted by Gasteiger charge is 2.42. The van der Waals surface area contributed by atoms with Gasteiger partial charge in [0.2, 0.25) is 5.91 Å². The number of hydrogen-bond acceptors (Lipinski definition) is 4. The van der Waals surface area contributed by atoms with E-state index in [1.165, 1.54) is 11.3 Å². The topological polar surface area (TPSA) is 53.1 Å². The molecular formula is C30H32ClN3O3. The number of aryl methyl sites for hydroxylation is 1. The standard InChI is InChI=1S/C30H32ClN3O3/c1-21-6-3-4-9-28(21)32-14-16-33(17-15-32)30(36)27-20-34(29(35)22-10-12-24(31)13-11-22)19-26(27)23-7-5-8-25(18-23)37-2/h3-13,18,26-27H,14-17,19-20H2,1-2H3. The normalized spacial score (nSPS) is 19.7. The average molecular weight is 518 g/mol. The van der Waals surface area contributed by atoms with Crippen LogP contribution in [-0.2, 0) is 4.79 Å². The molecular weight excluding hydrogens is 486 g/mol. The summed E-state index contributed by atoms with van der Waals surface area (Å²) >= 11 is 6.03.